The van der Waals surface area contributed by atoms with Crippen LogP contribution < -0.4 is 0 Å². The monoisotopic (exact) mass is 457 g/mol. The molecule has 5 rings (SSSR count). The van der Waals surface area contributed by atoms with Crippen LogP contribution in [-0.4, -0.2) is 69.5 Å². The Kier molecular flexibility index (Phi) is 5.27. The average Bonchev–Trinajstić information content (AvgIpc) is 3.33. The zero-order valence-electron chi connectivity index (χ0n) is 18.1. The van der Waals surface area contributed by atoms with E-state index in [2.05, 4.69) is 5.10 Å². The number of carbonyl (C=O) groups is 2. The number of fused-ring (bicyclic) bond motifs is 1. The summed E-state index contributed by atoms with van der Waals surface area (Å²) in [7, 11) is -1.19. The third kappa shape index (κ3) is 3.70. The second kappa shape index (κ2) is 7.99. The Morgan fingerprint density at radius 3 is 2.69 bits per heavy atom. The topological polar surface area (TPSA) is 105 Å². The lowest BCUT2D eigenvalue weighted by Crippen LogP contribution is -2.47. The van der Waals surface area contributed by atoms with Gasteiger partial charge in [0.2, 0.25) is 5.91 Å². The van der Waals surface area contributed by atoms with E-state index in [1.807, 2.05) is 40.8 Å². The maximum absolute atomic E-state index is 13.6. The number of amides is 2. The van der Waals surface area contributed by atoms with Gasteiger partial charge in [0.1, 0.15) is 11.5 Å². The fourth-order valence-corrected chi connectivity index (χ4v) is 6.74. The second-order valence-electron chi connectivity index (χ2n) is 8.87. The number of para-hydroxylation sites is 2. The number of hydrogen-bond acceptors (Lipinski definition) is 6. The first-order valence-electron chi connectivity index (χ1n) is 11.2. The Morgan fingerprint density at radius 2 is 1.94 bits per heavy atom. The quantitative estimate of drug-likeness (QED) is 0.699. The number of sulfone groups is 1. The molecule has 1 aromatic heterocycles. The lowest BCUT2D eigenvalue weighted by molar-refractivity contribution is -0.134. The Hall–Kier alpha value is -2.75. The number of hydrogen-bond donors (Lipinski definition) is 0. The molecule has 0 radical (unpaired) electrons. The van der Waals surface area contributed by atoms with Crippen LogP contribution >= 0.6 is 0 Å². The number of carbonyl (C=O) groups excluding carboxylic acids is 2. The van der Waals surface area contributed by atoms with E-state index in [9.17, 15) is 18.0 Å². The fourth-order valence-electron chi connectivity index (χ4n) is 5.05. The number of nitrogens with zero attached hydrogens (tertiary/aromatic N) is 5. The van der Waals surface area contributed by atoms with E-state index in [4.69, 9.17) is 4.98 Å². The molecule has 0 saturated carbocycles. The molecule has 3 aliphatic heterocycles. The van der Waals surface area contributed by atoms with Gasteiger partial charge in [0, 0.05) is 26.4 Å². The first-order chi connectivity index (χ1) is 15.3. The predicted octanol–water partition coefficient (Wildman–Crippen LogP) is 1.79. The van der Waals surface area contributed by atoms with Gasteiger partial charge in [-0.15, -0.1) is 0 Å². The summed E-state index contributed by atoms with van der Waals surface area (Å²) in [6.07, 6.45) is 3.55. The van der Waals surface area contributed by atoms with Crippen LogP contribution in [-0.2, 0) is 26.5 Å². The van der Waals surface area contributed by atoms with Crippen LogP contribution in [0.2, 0.25) is 0 Å². The Morgan fingerprint density at radius 1 is 1.12 bits per heavy atom. The summed E-state index contributed by atoms with van der Waals surface area (Å²) in [5.74, 6) is 0.427. The van der Waals surface area contributed by atoms with E-state index in [0.717, 1.165) is 36.1 Å². The molecule has 9 nitrogen and oxygen atoms in total. The van der Waals surface area contributed by atoms with Crippen molar-refractivity contribution in [1.29, 1.82) is 0 Å². The van der Waals surface area contributed by atoms with Crippen molar-refractivity contribution in [1.82, 2.24) is 19.5 Å². The fraction of sp³-hybridized carbons (Fsp3) is 0.545. The second-order valence-corrected chi connectivity index (χ2v) is 11.1. The number of likely N-dealkylation sites (tertiary alicyclic amines) is 1. The van der Waals surface area contributed by atoms with Crippen molar-refractivity contribution in [2.45, 2.75) is 50.6 Å². The maximum Gasteiger partial charge on any atom is 0.270 e. The predicted molar refractivity (Wildman–Crippen MR) is 120 cm³/mol. The molecule has 170 valence electrons. The SMILES string of the molecule is Cn1c([C@@H]2CCCCN2C(=O)C2=NN([C@@H]3CCS(=O)(=O)C3)C(=O)CC2)nc2ccccc21. The van der Waals surface area contributed by atoms with Crippen molar-refractivity contribution < 1.29 is 18.0 Å². The van der Waals surface area contributed by atoms with Crippen molar-refractivity contribution in [2.24, 2.45) is 12.1 Å². The van der Waals surface area contributed by atoms with Crippen LogP contribution in [0.4, 0.5) is 0 Å². The highest BCUT2D eigenvalue weighted by molar-refractivity contribution is 7.91. The molecular formula is C22H27N5O4S. The molecule has 2 saturated heterocycles. The van der Waals surface area contributed by atoms with Crippen molar-refractivity contribution in [3.8, 4) is 0 Å². The smallest absolute Gasteiger partial charge is 0.270 e. The number of imidazole rings is 1. The molecule has 2 fully saturated rings. The molecule has 0 spiro atoms. The normalized spacial score (nSPS) is 25.9. The maximum atomic E-state index is 13.6. The molecule has 4 heterocycles. The van der Waals surface area contributed by atoms with E-state index in [1.165, 1.54) is 5.01 Å². The molecule has 2 aromatic rings. The van der Waals surface area contributed by atoms with Gasteiger partial charge in [-0.1, -0.05) is 12.1 Å². The summed E-state index contributed by atoms with van der Waals surface area (Å²) >= 11 is 0. The number of benzene rings is 1. The highest BCUT2D eigenvalue weighted by Crippen LogP contribution is 2.33. The van der Waals surface area contributed by atoms with Crippen LogP contribution in [0.5, 0.6) is 0 Å². The molecule has 10 heteroatoms. The molecule has 2 atom stereocenters. The van der Waals surface area contributed by atoms with E-state index in [0.29, 0.717) is 18.7 Å². The van der Waals surface area contributed by atoms with Crippen LogP contribution in [0.25, 0.3) is 11.0 Å². The molecule has 1 aromatic carbocycles. The largest absolute Gasteiger partial charge is 0.329 e. The van der Waals surface area contributed by atoms with Gasteiger partial charge in [-0.3, -0.25) is 9.59 Å². The van der Waals surface area contributed by atoms with Crippen molar-refractivity contribution >= 4 is 38.4 Å². The van der Waals surface area contributed by atoms with Gasteiger partial charge >= 0.3 is 0 Å². The van der Waals surface area contributed by atoms with Crippen LogP contribution in [0.1, 0.15) is 50.4 Å². The van der Waals surface area contributed by atoms with Gasteiger partial charge in [-0.25, -0.2) is 18.4 Å². The molecule has 0 N–H and O–H groups in total. The Balaban J connectivity index is 1.44. The van der Waals surface area contributed by atoms with Crippen molar-refractivity contribution in [3.05, 3.63) is 30.1 Å². The standard InChI is InChI=1S/C22H27N5O4S/c1-25-18-7-3-2-6-16(18)23-21(25)19-8-4-5-12-26(19)22(29)17-9-10-20(28)27(24-17)15-11-13-32(30,31)14-15/h2-3,6-7,15,19H,4-5,8-14H2,1H3/t15-,19+/m1/s1. The Bertz CT molecular complexity index is 1220. The van der Waals surface area contributed by atoms with Crippen LogP contribution in [0.15, 0.2) is 29.4 Å². The molecule has 3 aliphatic rings. The lowest BCUT2D eigenvalue weighted by atomic mass is 9.99. The van der Waals surface area contributed by atoms with Crippen molar-refractivity contribution in [2.75, 3.05) is 18.1 Å². The van der Waals surface area contributed by atoms with Gasteiger partial charge < -0.3 is 9.47 Å². The first-order valence-corrected chi connectivity index (χ1v) is 13.0. The zero-order chi connectivity index (χ0) is 22.5. The zero-order valence-corrected chi connectivity index (χ0v) is 18.9. The molecule has 32 heavy (non-hydrogen) atoms. The molecular weight excluding hydrogens is 430 g/mol. The van der Waals surface area contributed by atoms with E-state index in [1.54, 1.807) is 0 Å². The summed E-state index contributed by atoms with van der Waals surface area (Å²) in [5, 5.41) is 5.66. The summed E-state index contributed by atoms with van der Waals surface area (Å²) < 4.78 is 25.8. The van der Waals surface area contributed by atoms with Crippen LogP contribution in [0.3, 0.4) is 0 Å². The number of rotatable bonds is 3. The summed E-state index contributed by atoms with van der Waals surface area (Å²) in [4.78, 5) is 32.7. The van der Waals surface area contributed by atoms with E-state index in [-0.39, 0.29) is 42.2 Å². The molecule has 2 amide bonds. The third-order valence-electron chi connectivity index (χ3n) is 6.74. The highest BCUT2D eigenvalue weighted by atomic mass is 32.2. The number of piperidine rings is 1. The van der Waals surface area contributed by atoms with Crippen LogP contribution in [0, 0.1) is 0 Å². The van der Waals surface area contributed by atoms with Gasteiger partial charge in [0.05, 0.1) is 34.6 Å². The van der Waals surface area contributed by atoms with Gasteiger partial charge in [0.15, 0.2) is 9.84 Å². The minimum atomic E-state index is -3.16. The summed E-state index contributed by atoms with van der Waals surface area (Å²) in [5.41, 5.74) is 2.26. The van der Waals surface area contributed by atoms with Gasteiger partial charge in [-0.05, 0) is 37.8 Å². The molecule has 0 unspecified atom stereocenters. The average molecular weight is 458 g/mol. The third-order valence-corrected chi connectivity index (χ3v) is 8.49. The first kappa shape index (κ1) is 21.1. The molecule has 0 bridgehead atoms. The number of aryl methyl sites for hydroxylation is 1. The number of aromatic nitrogens is 2. The summed E-state index contributed by atoms with van der Waals surface area (Å²) in [6.45, 7) is 0.609. The highest BCUT2D eigenvalue weighted by Gasteiger charge is 2.39. The lowest BCUT2D eigenvalue weighted by Gasteiger charge is -2.36. The van der Waals surface area contributed by atoms with E-state index >= 15 is 0 Å². The van der Waals surface area contributed by atoms with E-state index < -0.39 is 15.9 Å². The minimum absolute atomic E-state index is 0.0567. The van der Waals surface area contributed by atoms with Crippen molar-refractivity contribution in [3.63, 3.8) is 0 Å². The summed E-state index contributed by atoms with van der Waals surface area (Å²) in [6, 6.07) is 7.28. The minimum Gasteiger partial charge on any atom is -0.329 e. The number of hydrazone groups is 1. The molecule has 0 aliphatic carbocycles. The van der Waals surface area contributed by atoms with Gasteiger partial charge in [0.25, 0.3) is 5.91 Å². The Labute approximate surface area is 187 Å². The van der Waals surface area contributed by atoms with Gasteiger partial charge in [-0.2, -0.15) is 5.10 Å².